The van der Waals surface area contributed by atoms with Gasteiger partial charge in [-0.3, -0.25) is 10.1 Å². The molecule has 2 heterocycles. The first-order valence-electron chi connectivity index (χ1n) is 8.86. The number of benzene rings is 1. The molecule has 1 saturated carbocycles. The zero-order valence-electron chi connectivity index (χ0n) is 14.5. The molecule has 2 atom stereocenters. The van der Waals surface area contributed by atoms with E-state index in [2.05, 4.69) is 15.6 Å². The molecule has 27 heavy (non-hydrogen) atoms. The fraction of sp³-hybridized carbons (Fsp3) is 0.368. The van der Waals surface area contributed by atoms with Crippen LogP contribution in [0.15, 0.2) is 36.5 Å². The maximum absolute atomic E-state index is 14.8. The lowest BCUT2D eigenvalue weighted by Crippen LogP contribution is -2.62. The largest absolute Gasteiger partial charge is 0.366 e. The first-order chi connectivity index (χ1) is 13.0. The summed E-state index contributed by atoms with van der Waals surface area (Å²) in [7, 11) is 0. The molecule has 1 aliphatic carbocycles. The third-order valence-electron chi connectivity index (χ3n) is 5.06. The molecule has 0 bridgehead atoms. The molecule has 4 rings (SSSR count). The second kappa shape index (κ2) is 7.16. The normalized spacial score (nSPS) is 25.2. The standard InChI is InChI=1S/C19H20ClFN4O2/c20-12-3-6-16(24-10-12)17(26)25-13-4-5-15(21)14(9-13)19(11-1-2-11)18(22)23-7-8-27-19/h3-6,9-11,18,23H,1-2,7-8,22H2,(H,25,26)/t18?,19-/m0/s1. The number of halogens is 2. The van der Waals surface area contributed by atoms with E-state index < -0.39 is 23.5 Å². The van der Waals surface area contributed by atoms with E-state index in [1.807, 2.05) is 0 Å². The van der Waals surface area contributed by atoms with Gasteiger partial charge in [-0.05, 0) is 49.1 Å². The van der Waals surface area contributed by atoms with Crippen molar-refractivity contribution in [3.8, 4) is 0 Å². The van der Waals surface area contributed by atoms with E-state index in [-0.39, 0.29) is 11.6 Å². The smallest absolute Gasteiger partial charge is 0.274 e. The average Bonchev–Trinajstić information content (AvgIpc) is 3.50. The van der Waals surface area contributed by atoms with Crippen LogP contribution >= 0.6 is 11.6 Å². The van der Waals surface area contributed by atoms with E-state index in [0.717, 1.165) is 12.8 Å². The summed E-state index contributed by atoms with van der Waals surface area (Å²) in [6, 6.07) is 7.55. The summed E-state index contributed by atoms with van der Waals surface area (Å²) in [6.45, 7) is 1.07. The Morgan fingerprint density at radius 1 is 1.37 bits per heavy atom. The zero-order valence-corrected chi connectivity index (χ0v) is 15.3. The highest BCUT2D eigenvalue weighted by molar-refractivity contribution is 6.30. The van der Waals surface area contributed by atoms with Crippen molar-refractivity contribution in [2.24, 2.45) is 11.7 Å². The number of rotatable bonds is 4. The van der Waals surface area contributed by atoms with Crippen molar-refractivity contribution in [1.82, 2.24) is 10.3 Å². The van der Waals surface area contributed by atoms with Crippen LogP contribution in [0.25, 0.3) is 0 Å². The molecule has 1 aliphatic heterocycles. The monoisotopic (exact) mass is 390 g/mol. The van der Waals surface area contributed by atoms with E-state index in [4.69, 9.17) is 22.1 Å². The Bertz CT molecular complexity index is 859. The van der Waals surface area contributed by atoms with Gasteiger partial charge in [0.15, 0.2) is 0 Å². The van der Waals surface area contributed by atoms with Crippen molar-refractivity contribution in [3.63, 3.8) is 0 Å². The van der Waals surface area contributed by atoms with Crippen LogP contribution < -0.4 is 16.4 Å². The second-order valence-electron chi connectivity index (χ2n) is 6.86. The van der Waals surface area contributed by atoms with Gasteiger partial charge in [0.05, 0.1) is 17.8 Å². The van der Waals surface area contributed by atoms with Gasteiger partial charge in [0.2, 0.25) is 0 Å². The van der Waals surface area contributed by atoms with Crippen LogP contribution in [0, 0.1) is 11.7 Å². The number of hydrogen-bond acceptors (Lipinski definition) is 5. The Morgan fingerprint density at radius 3 is 2.85 bits per heavy atom. The molecule has 2 aromatic rings. The number of anilines is 1. The van der Waals surface area contributed by atoms with Crippen molar-refractivity contribution < 1.29 is 13.9 Å². The molecule has 8 heteroatoms. The number of amides is 1. The molecule has 2 fully saturated rings. The fourth-order valence-corrected chi connectivity index (χ4v) is 3.74. The predicted molar refractivity (Wildman–Crippen MR) is 99.9 cm³/mol. The molecule has 142 valence electrons. The minimum Gasteiger partial charge on any atom is -0.366 e. The van der Waals surface area contributed by atoms with Crippen LogP contribution in [0.5, 0.6) is 0 Å². The lowest BCUT2D eigenvalue weighted by atomic mass is 9.84. The quantitative estimate of drug-likeness (QED) is 0.746. The molecule has 6 nitrogen and oxygen atoms in total. The number of nitrogens with one attached hydrogen (secondary N) is 2. The average molecular weight is 391 g/mol. The second-order valence-corrected chi connectivity index (χ2v) is 7.29. The Balaban J connectivity index is 1.65. The van der Waals surface area contributed by atoms with Gasteiger partial charge in [0.25, 0.3) is 5.91 Å². The van der Waals surface area contributed by atoms with E-state index in [1.54, 1.807) is 12.1 Å². The molecule has 1 amide bonds. The Hall–Kier alpha value is -2.06. The maximum Gasteiger partial charge on any atom is 0.274 e. The molecule has 4 N–H and O–H groups in total. The van der Waals surface area contributed by atoms with Crippen molar-refractivity contribution >= 4 is 23.2 Å². The fourth-order valence-electron chi connectivity index (χ4n) is 3.63. The summed E-state index contributed by atoms with van der Waals surface area (Å²) in [4.78, 5) is 16.4. The maximum atomic E-state index is 14.8. The summed E-state index contributed by atoms with van der Waals surface area (Å²) in [6.07, 6.45) is 2.74. The third kappa shape index (κ3) is 3.43. The first kappa shape index (κ1) is 18.3. The highest BCUT2D eigenvalue weighted by Crippen LogP contribution is 2.51. The van der Waals surface area contributed by atoms with Crippen LogP contribution in [0.1, 0.15) is 28.9 Å². The summed E-state index contributed by atoms with van der Waals surface area (Å²) >= 11 is 5.80. The van der Waals surface area contributed by atoms with E-state index >= 15 is 0 Å². The number of hydrogen-bond donors (Lipinski definition) is 3. The molecule has 1 aromatic carbocycles. The highest BCUT2D eigenvalue weighted by Gasteiger charge is 2.54. The van der Waals surface area contributed by atoms with Crippen molar-refractivity contribution in [1.29, 1.82) is 0 Å². The first-order valence-corrected chi connectivity index (χ1v) is 9.24. The molecule has 1 aromatic heterocycles. The van der Waals surface area contributed by atoms with Gasteiger partial charge in [-0.1, -0.05) is 11.6 Å². The minimum atomic E-state index is -0.929. The van der Waals surface area contributed by atoms with Crippen LogP contribution in [-0.4, -0.2) is 30.2 Å². The summed E-state index contributed by atoms with van der Waals surface area (Å²) in [5.41, 5.74) is 6.41. The van der Waals surface area contributed by atoms with Gasteiger partial charge in [0.1, 0.15) is 17.1 Å². The van der Waals surface area contributed by atoms with Gasteiger partial charge < -0.3 is 15.8 Å². The van der Waals surface area contributed by atoms with E-state index in [0.29, 0.717) is 29.4 Å². The van der Waals surface area contributed by atoms with Crippen LogP contribution in [-0.2, 0) is 10.3 Å². The number of morpholine rings is 1. The van der Waals surface area contributed by atoms with Crippen molar-refractivity contribution in [3.05, 3.63) is 58.6 Å². The van der Waals surface area contributed by atoms with Crippen LogP contribution in [0.4, 0.5) is 10.1 Å². The summed E-state index contributed by atoms with van der Waals surface area (Å²) < 4.78 is 20.8. The lowest BCUT2D eigenvalue weighted by molar-refractivity contribution is -0.119. The predicted octanol–water partition coefficient (Wildman–Crippen LogP) is 2.64. The van der Waals surface area contributed by atoms with Crippen molar-refractivity contribution in [2.75, 3.05) is 18.5 Å². The van der Waals surface area contributed by atoms with Gasteiger partial charge in [-0.25, -0.2) is 9.37 Å². The number of carbonyl (C=O) groups is 1. The number of aromatic nitrogens is 1. The Morgan fingerprint density at radius 2 is 2.19 bits per heavy atom. The number of nitrogens with two attached hydrogens (primary N) is 1. The molecular weight excluding hydrogens is 371 g/mol. The molecule has 1 unspecified atom stereocenters. The van der Waals surface area contributed by atoms with Crippen LogP contribution in [0.3, 0.4) is 0 Å². The van der Waals surface area contributed by atoms with Gasteiger partial charge in [0, 0.05) is 24.0 Å². The minimum absolute atomic E-state index is 0.152. The molecule has 0 spiro atoms. The molecular formula is C19H20ClFN4O2. The lowest BCUT2D eigenvalue weighted by Gasteiger charge is -2.43. The van der Waals surface area contributed by atoms with Gasteiger partial charge in [-0.2, -0.15) is 0 Å². The molecule has 2 aliphatic rings. The summed E-state index contributed by atoms with van der Waals surface area (Å²) in [5.74, 6) is -0.654. The number of carbonyl (C=O) groups excluding carboxylic acids is 1. The molecule has 1 saturated heterocycles. The highest BCUT2D eigenvalue weighted by atomic mass is 35.5. The number of pyridine rings is 1. The van der Waals surface area contributed by atoms with Crippen LogP contribution in [0.2, 0.25) is 5.02 Å². The van der Waals surface area contributed by atoms with Gasteiger partial charge >= 0.3 is 0 Å². The summed E-state index contributed by atoms with van der Waals surface area (Å²) in [5, 5.41) is 6.38. The van der Waals surface area contributed by atoms with E-state index in [1.165, 1.54) is 24.4 Å². The topological polar surface area (TPSA) is 89.3 Å². The number of ether oxygens (including phenoxy) is 1. The Labute approximate surface area is 161 Å². The Kier molecular flexibility index (Phi) is 4.86. The zero-order chi connectivity index (χ0) is 19.0. The van der Waals surface area contributed by atoms with Crippen molar-refractivity contribution in [2.45, 2.75) is 24.6 Å². The SMILES string of the molecule is NC1NCCO[C@]1(c1cc(NC(=O)c2ccc(Cl)cn2)ccc1F)C1CC1. The molecule has 0 radical (unpaired) electrons. The van der Waals surface area contributed by atoms with Gasteiger partial charge in [-0.15, -0.1) is 0 Å². The third-order valence-corrected chi connectivity index (χ3v) is 5.28. The van der Waals surface area contributed by atoms with E-state index in [9.17, 15) is 9.18 Å². The number of nitrogens with zero attached hydrogens (tertiary/aromatic N) is 1.